The summed E-state index contributed by atoms with van der Waals surface area (Å²) in [5, 5.41) is -0.192. The highest BCUT2D eigenvalue weighted by Crippen LogP contribution is 2.41. The molecule has 0 spiro atoms. The molecule has 128 valence electrons. The second-order valence-electron chi connectivity index (χ2n) is 5.86. The van der Waals surface area contributed by atoms with E-state index in [1.54, 1.807) is 35.3 Å². The molecular weight excluding hydrogens is 342 g/mol. The Bertz CT molecular complexity index is 832. The second-order valence-corrected chi connectivity index (χ2v) is 8.94. The van der Waals surface area contributed by atoms with Crippen LogP contribution in [0.2, 0.25) is 0 Å². The minimum Gasteiger partial charge on any atom is -0.497 e. The van der Waals surface area contributed by atoms with Crippen LogP contribution in [-0.2, 0) is 10.0 Å². The molecule has 0 amide bonds. The molecule has 0 N–H and O–H groups in total. The van der Waals surface area contributed by atoms with E-state index in [0.717, 1.165) is 28.2 Å². The van der Waals surface area contributed by atoms with E-state index in [-0.39, 0.29) is 5.37 Å². The van der Waals surface area contributed by atoms with Crippen molar-refractivity contribution >= 4 is 21.8 Å². The fourth-order valence-electron chi connectivity index (χ4n) is 2.74. The van der Waals surface area contributed by atoms with Crippen LogP contribution in [0.4, 0.5) is 0 Å². The zero-order valence-electron chi connectivity index (χ0n) is 14.0. The number of nitrogens with zero attached hydrogens (tertiary/aromatic N) is 1. The van der Waals surface area contributed by atoms with Crippen LogP contribution in [0.1, 0.15) is 22.1 Å². The van der Waals surface area contributed by atoms with Gasteiger partial charge in [-0.2, -0.15) is 4.31 Å². The van der Waals surface area contributed by atoms with Gasteiger partial charge in [0.25, 0.3) is 0 Å². The molecule has 6 heteroatoms. The Morgan fingerprint density at radius 2 is 1.79 bits per heavy atom. The van der Waals surface area contributed by atoms with Crippen LogP contribution < -0.4 is 4.74 Å². The number of rotatable bonds is 4. The van der Waals surface area contributed by atoms with Gasteiger partial charge in [0, 0.05) is 12.3 Å². The molecule has 1 atom stereocenters. The van der Waals surface area contributed by atoms with Crippen LogP contribution in [0.3, 0.4) is 0 Å². The molecule has 0 bridgehead atoms. The summed E-state index contributed by atoms with van der Waals surface area (Å²) in [5.74, 6) is 1.56. The maximum atomic E-state index is 13.1. The zero-order chi connectivity index (χ0) is 17.3. The summed E-state index contributed by atoms with van der Waals surface area (Å²) >= 11 is 1.65. The fourth-order valence-corrected chi connectivity index (χ4v) is 6.07. The van der Waals surface area contributed by atoms with Crippen molar-refractivity contribution in [2.24, 2.45) is 0 Å². The van der Waals surface area contributed by atoms with Crippen molar-refractivity contribution in [3.63, 3.8) is 0 Å². The number of sulfonamides is 1. The summed E-state index contributed by atoms with van der Waals surface area (Å²) in [6, 6.07) is 12.9. The second kappa shape index (κ2) is 6.78. The topological polar surface area (TPSA) is 46.6 Å². The van der Waals surface area contributed by atoms with Crippen LogP contribution in [0.15, 0.2) is 47.4 Å². The van der Waals surface area contributed by atoms with Gasteiger partial charge < -0.3 is 4.74 Å². The smallest absolute Gasteiger partial charge is 0.244 e. The van der Waals surface area contributed by atoms with E-state index in [4.69, 9.17) is 4.74 Å². The first kappa shape index (κ1) is 17.3. The van der Waals surface area contributed by atoms with Gasteiger partial charge in [-0.3, -0.25) is 0 Å². The van der Waals surface area contributed by atoms with Gasteiger partial charge >= 0.3 is 0 Å². The molecule has 0 radical (unpaired) electrons. The maximum Gasteiger partial charge on any atom is 0.244 e. The molecule has 1 heterocycles. The highest BCUT2D eigenvalue weighted by atomic mass is 32.2. The first-order valence-corrected chi connectivity index (χ1v) is 10.3. The number of hydrogen-bond acceptors (Lipinski definition) is 4. The van der Waals surface area contributed by atoms with Gasteiger partial charge in [0.05, 0.1) is 17.4 Å². The van der Waals surface area contributed by atoms with E-state index in [1.165, 1.54) is 0 Å². The van der Waals surface area contributed by atoms with Gasteiger partial charge in [0.15, 0.2) is 0 Å². The largest absolute Gasteiger partial charge is 0.497 e. The monoisotopic (exact) mass is 363 g/mol. The summed E-state index contributed by atoms with van der Waals surface area (Å²) in [6.07, 6.45) is 0. The minimum absolute atomic E-state index is 0.192. The Hall–Kier alpha value is -1.50. The lowest BCUT2D eigenvalue weighted by molar-refractivity contribution is 0.413. The number of benzene rings is 2. The van der Waals surface area contributed by atoms with Crippen LogP contribution in [0.5, 0.6) is 5.75 Å². The van der Waals surface area contributed by atoms with Crippen molar-refractivity contribution < 1.29 is 13.2 Å². The molecule has 2 aromatic rings. The molecule has 4 nitrogen and oxygen atoms in total. The lowest BCUT2D eigenvalue weighted by Gasteiger charge is -2.24. The lowest BCUT2D eigenvalue weighted by atomic mass is 10.1. The molecule has 1 aliphatic rings. The first-order chi connectivity index (χ1) is 11.4. The van der Waals surface area contributed by atoms with Gasteiger partial charge in [-0.15, -0.1) is 11.8 Å². The molecule has 1 aliphatic heterocycles. The van der Waals surface area contributed by atoms with Gasteiger partial charge in [0.1, 0.15) is 5.75 Å². The SMILES string of the molecule is COc1ccc([C@@H]2SCCN2S(=O)(=O)c2ccc(C)c(C)c2)cc1. The molecule has 0 aromatic heterocycles. The molecule has 2 aromatic carbocycles. The number of thioether (sulfide) groups is 1. The Balaban J connectivity index is 1.94. The molecule has 24 heavy (non-hydrogen) atoms. The van der Waals surface area contributed by atoms with Crippen LogP contribution >= 0.6 is 11.8 Å². The average Bonchev–Trinajstić information content (AvgIpc) is 3.08. The molecule has 0 saturated carbocycles. The molecule has 0 aliphatic carbocycles. The predicted molar refractivity (Wildman–Crippen MR) is 98.0 cm³/mol. The van der Waals surface area contributed by atoms with E-state index in [2.05, 4.69) is 0 Å². The van der Waals surface area contributed by atoms with E-state index < -0.39 is 10.0 Å². The van der Waals surface area contributed by atoms with Crippen LogP contribution in [0.25, 0.3) is 0 Å². The van der Waals surface area contributed by atoms with E-state index in [9.17, 15) is 8.42 Å². The highest BCUT2D eigenvalue weighted by Gasteiger charge is 2.36. The summed E-state index contributed by atoms with van der Waals surface area (Å²) < 4.78 is 33.0. The van der Waals surface area contributed by atoms with Crippen molar-refractivity contribution in [3.05, 3.63) is 59.2 Å². The van der Waals surface area contributed by atoms with Gasteiger partial charge in [-0.05, 0) is 54.8 Å². The molecule has 0 unspecified atom stereocenters. The van der Waals surface area contributed by atoms with E-state index in [0.29, 0.717) is 11.4 Å². The van der Waals surface area contributed by atoms with Crippen molar-refractivity contribution in [1.29, 1.82) is 0 Å². The minimum atomic E-state index is -3.51. The average molecular weight is 364 g/mol. The van der Waals surface area contributed by atoms with Crippen molar-refractivity contribution in [2.75, 3.05) is 19.4 Å². The summed E-state index contributed by atoms with van der Waals surface area (Å²) in [6.45, 7) is 4.45. The van der Waals surface area contributed by atoms with E-state index in [1.807, 2.05) is 44.2 Å². The Morgan fingerprint density at radius 3 is 2.42 bits per heavy atom. The Morgan fingerprint density at radius 1 is 1.08 bits per heavy atom. The van der Waals surface area contributed by atoms with Gasteiger partial charge in [-0.25, -0.2) is 8.42 Å². The molecule has 3 rings (SSSR count). The fraction of sp³-hybridized carbons (Fsp3) is 0.333. The highest BCUT2D eigenvalue weighted by molar-refractivity contribution is 8.01. The van der Waals surface area contributed by atoms with E-state index >= 15 is 0 Å². The van der Waals surface area contributed by atoms with Gasteiger partial charge in [-0.1, -0.05) is 18.2 Å². The number of ether oxygens (including phenoxy) is 1. The van der Waals surface area contributed by atoms with Crippen LogP contribution in [-0.4, -0.2) is 32.1 Å². The molecule has 1 fully saturated rings. The number of hydrogen-bond donors (Lipinski definition) is 0. The van der Waals surface area contributed by atoms with Crippen molar-refractivity contribution in [2.45, 2.75) is 24.1 Å². The van der Waals surface area contributed by atoms with Crippen LogP contribution in [0, 0.1) is 13.8 Å². The molecule has 1 saturated heterocycles. The normalized spacial score (nSPS) is 18.7. The Labute approximate surface area is 147 Å². The van der Waals surface area contributed by atoms with Gasteiger partial charge in [0.2, 0.25) is 10.0 Å². The third kappa shape index (κ3) is 3.18. The maximum absolute atomic E-state index is 13.1. The predicted octanol–water partition coefficient (Wildman–Crippen LogP) is 3.75. The first-order valence-electron chi connectivity index (χ1n) is 7.78. The third-order valence-corrected chi connectivity index (χ3v) is 7.59. The standard InChI is InChI=1S/C18H21NO3S2/c1-13-4-9-17(12-14(13)2)24(20,21)19-10-11-23-18(19)15-5-7-16(22-3)8-6-15/h4-9,12,18H,10-11H2,1-3H3/t18-/m0/s1. The molecular formula is C18H21NO3S2. The third-order valence-electron chi connectivity index (χ3n) is 4.33. The summed E-state index contributed by atoms with van der Waals surface area (Å²) in [5.41, 5.74) is 3.06. The van der Waals surface area contributed by atoms with Crippen molar-refractivity contribution in [1.82, 2.24) is 4.31 Å². The number of methoxy groups -OCH3 is 1. The Kier molecular flexibility index (Phi) is 4.90. The summed E-state index contributed by atoms with van der Waals surface area (Å²) in [7, 11) is -1.89. The van der Waals surface area contributed by atoms with Crippen molar-refractivity contribution in [3.8, 4) is 5.75 Å². The lowest BCUT2D eigenvalue weighted by Crippen LogP contribution is -2.30. The quantitative estimate of drug-likeness (QED) is 0.830. The zero-order valence-corrected chi connectivity index (χ0v) is 15.7. The summed E-state index contributed by atoms with van der Waals surface area (Å²) in [4.78, 5) is 0.367. The number of aryl methyl sites for hydroxylation is 2.